The first-order chi connectivity index (χ1) is 14.3. The Bertz CT molecular complexity index is 1160. The third-order valence-corrected chi connectivity index (χ3v) is 5.92. The summed E-state index contributed by atoms with van der Waals surface area (Å²) < 4.78 is 7.35. The van der Waals surface area contributed by atoms with Gasteiger partial charge in [-0.05, 0) is 36.4 Å². The highest BCUT2D eigenvalue weighted by Crippen LogP contribution is 2.34. The van der Waals surface area contributed by atoms with Gasteiger partial charge in [-0.1, -0.05) is 23.5 Å². The number of thiazole rings is 1. The molecule has 6 nitrogen and oxygen atoms in total. The van der Waals surface area contributed by atoms with Gasteiger partial charge in [-0.15, -0.1) is 0 Å². The minimum Gasteiger partial charge on any atom is -0.474 e. The van der Waals surface area contributed by atoms with Crippen LogP contribution in [0.3, 0.4) is 0 Å². The van der Waals surface area contributed by atoms with E-state index in [9.17, 15) is 0 Å². The largest absolute Gasteiger partial charge is 0.474 e. The second-order valence-electron chi connectivity index (χ2n) is 6.94. The summed E-state index contributed by atoms with van der Waals surface area (Å²) in [6.07, 6.45) is 5.32. The Kier molecular flexibility index (Phi) is 4.54. The normalized spacial score (nSPS) is 18.0. The van der Waals surface area contributed by atoms with Crippen LogP contribution in [0.4, 0.5) is 5.13 Å². The van der Waals surface area contributed by atoms with Crippen LogP contribution in [0.2, 0.25) is 0 Å². The molecular formula is C22H17N5OS. The summed E-state index contributed by atoms with van der Waals surface area (Å²) in [5.74, 6) is 0.599. The zero-order valence-corrected chi connectivity index (χ0v) is 16.3. The van der Waals surface area contributed by atoms with Crippen LogP contribution in [0.15, 0.2) is 60.9 Å². The molecule has 0 atom stereocenters. The van der Waals surface area contributed by atoms with Crippen molar-refractivity contribution in [1.29, 1.82) is 5.26 Å². The fourth-order valence-electron chi connectivity index (χ4n) is 3.37. The molecule has 1 aliphatic carbocycles. The minimum absolute atomic E-state index is 0.113. The molecule has 1 aromatic carbocycles. The molecule has 0 saturated heterocycles. The molecule has 1 N–H and O–H groups in total. The number of nitriles is 1. The molecule has 0 amide bonds. The smallest absolute Gasteiger partial charge is 0.221 e. The van der Waals surface area contributed by atoms with Gasteiger partial charge in [-0.3, -0.25) is 0 Å². The van der Waals surface area contributed by atoms with E-state index in [4.69, 9.17) is 10.00 Å². The number of ether oxygens (including phenoxy) is 1. The third kappa shape index (κ3) is 3.62. The first-order valence-electron chi connectivity index (χ1n) is 9.39. The minimum atomic E-state index is 0.113. The van der Waals surface area contributed by atoms with Crippen molar-refractivity contribution in [1.82, 2.24) is 15.0 Å². The van der Waals surface area contributed by atoms with Crippen molar-refractivity contribution in [3.63, 3.8) is 0 Å². The number of rotatable bonds is 5. The predicted octanol–water partition coefficient (Wildman–Crippen LogP) is 4.65. The van der Waals surface area contributed by atoms with Crippen molar-refractivity contribution in [3.05, 3.63) is 66.6 Å². The molecule has 0 radical (unpaired) electrons. The maximum absolute atomic E-state index is 8.92. The van der Waals surface area contributed by atoms with Gasteiger partial charge in [0.15, 0.2) is 5.13 Å². The molecule has 4 aromatic rings. The van der Waals surface area contributed by atoms with Crippen LogP contribution in [-0.2, 0) is 0 Å². The van der Waals surface area contributed by atoms with E-state index < -0.39 is 0 Å². The quantitative estimate of drug-likeness (QED) is 0.526. The maximum atomic E-state index is 8.92. The van der Waals surface area contributed by atoms with E-state index >= 15 is 0 Å². The van der Waals surface area contributed by atoms with Crippen molar-refractivity contribution < 1.29 is 4.74 Å². The average molecular weight is 399 g/mol. The molecule has 0 aliphatic heterocycles. The first-order valence-corrected chi connectivity index (χ1v) is 10.2. The van der Waals surface area contributed by atoms with Crippen LogP contribution in [-0.4, -0.2) is 27.1 Å². The number of nitrogens with zero attached hydrogens (tertiary/aromatic N) is 4. The van der Waals surface area contributed by atoms with Gasteiger partial charge in [0.05, 0.1) is 10.2 Å². The molecule has 3 aromatic heterocycles. The molecule has 7 heteroatoms. The summed E-state index contributed by atoms with van der Waals surface area (Å²) in [5, 5.41) is 13.4. The second-order valence-corrected chi connectivity index (χ2v) is 7.97. The van der Waals surface area contributed by atoms with Crippen molar-refractivity contribution in [2.24, 2.45) is 0 Å². The van der Waals surface area contributed by atoms with Crippen LogP contribution < -0.4 is 10.1 Å². The number of nitrogens with one attached hydrogen (secondary N) is 1. The van der Waals surface area contributed by atoms with E-state index in [1.807, 2.05) is 42.5 Å². The lowest BCUT2D eigenvalue weighted by molar-refractivity contribution is 0.103. The fraction of sp³-hybridized carbons (Fsp3) is 0.182. The van der Waals surface area contributed by atoms with E-state index in [0.717, 1.165) is 34.6 Å². The molecule has 0 spiro atoms. The number of anilines is 1. The highest BCUT2D eigenvalue weighted by molar-refractivity contribution is 7.22. The Morgan fingerprint density at radius 2 is 1.97 bits per heavy atom. The number of hydrogen-bond donors (Lipinski definition) is 1. The average Bonchev–Trinajstić information content (AvgIpc) is 3.15. The molecule has 1 fully saturated rings. The van der Waals surface area contributed by atoms with Crippen LogP contribution in [0, 0.1) is 11.3 Å². The number of hydrogen-bond acceptors (Lipinski definition) is 7. The molecular weight excluding hydrogens is 382 g/mol. The van der Waals surface area contributed by atoms with E-state index in [1.165, 1.54) is 4.70 Å². The van der Waals surface area contributed by atoms with Crippen LogP contribution >= 0.6 is 11.3 Å². The van der Waals surface area contributed by atoms with Crippen molar-refractivity contribution in [2.75, 3.05) is 5.32 Å². The topological polar surface area (TPSA) is 83.7 Å². The number of pyridine rings is 2. The molecule has 1 saturated carbocycles. The van der Waals surface area contributed by atoms with Crippen LogP contribution in [0.1, 0.15) is 18.5 Å². The van der Waals surface area contributed by atoms with Gasteiger partial charge in [0.2, 0.25) is 5.88 Å². The summed E-state index contributed by atoms with van der Waals surface area (Å²) in [6.45, 7) is 0. The van der Waals surface area contributed by atoms with E-state index in [2.05, 4.69) is 26.3 Å². The number of fused-ring (bicyclic) bond motifs is 1. The Balaban J connectivity index is 1.24. The summed E-state index contributed by atoms with van der Waals surface area (Å²) >= 11 is 1.68. The number of benzene rings is 1. The Labute approximate surface area is 171 Å². The van der Waals surface area contributed by atoms with Gasteiger partial charge in [0.25, 0.3) is 0 Å². The fourth-order valence-corrected chi connectivity index (χ4v) is 4.31. The van der Waals surface area contributed by atoms with Gasteiger partial charge in [-0.2, -0.15) is 5.26 Å². The van der Waals surface area contributed by atoms with Gasteiger partial charge in [0.1, 0.15) is 17.9 Å². The first kappa shape index (κ1) is 17.6. The van der Waals surface area contributed by atoms with Crippen molar-refractivity contribution in [3.8, 4) is 23.1 Å². The van der Waals surface area contributed by atoms with Crippen molar-refractivity contribution >= 4 is 26.7 Å². The number of aromatic nitrogens is 3. The monoisotopic (exact) mass is 399 g/mol. The zero-order valence-electron chi connectivity index (χ0n) is 15.4. The lowest BCUT2D eigenvalue weighted by atomic mass is 9.89. The van der Waals surface area contributed by atoms with Crippen LogP contribution in [0.25, 0.3) is 21.3 Å². The Morgan fingerprint density at radius 1 is 1.07 bits per heavy atom. The molecule has 3 heterocycles. The Morgan fingerprint density at radius 3 is 2.76 bits per heavy atom. The van der Waals surface area contributed by atoms with Gasteiger partial charge < -0.3 is 10.1 Å². The Hall–Kier alpha value is -3.50. The highest BCUT2D eigenvalue weighted by atomic mass is 32.1. The van der Waals surface area contributed by atoms with Crippen molar-refractivity contribution in [2.45, 2.75) is 25.0 Å². The summed E-state index contributed by atoms with van der Waals surface area (Å²) in [4.78, 5) is 13.2. The maximum Gasteiger partial charge on any atom is 0.221 e. The molecule has 0 unspecified atom stereocenters. The summed E-state index contributed by atoms with van der Waals surface area (Å²) in [7, 11) is 0. The van der Waals surface area contributed by atoms with Gasteiger partial charge in [-0.25, -0.2) is 15.0 Å². The van der Waals surface area contributed by atoms with Crippen LogP contribution in [0.5, 0.6) is 5.88 Å². The summed E-state index contributed by atoms with van der Waals surface area (Å²) in [6, 6.07) is 18.0. The molecule has 5 rings (SSSR count). The van der Waals surface area contributed by atoms with E-state index in [1.54, 1.807) is 29.8 Å². The second kappa shape index (κ2) is 7.49. The standard InChI is InChI=1S/C22H17N5OS/c23-12-15-8-7-14(13-25-15)18-4-3-9-24-21(18)28-17-10-16(11-17)26-22-27-19-5-1-2-6-20(19)29-22/h1-9,13,16-17H,10-11H2,(H,26,27). The third-order valence-electron chi connectivity index (χ3n) is 4.95. The van der Waals surface area contributed by atoms with Gasteiger partial charge >= 0.3 is 0 Å². The SMILES string of the molecule is N#Cc1ccc(-c2cccnc2OC2CC(Nc3nc4ccccc4s3)C2)cn1. The number of para-hydroxylation sites is 1. The van der Waals surface area contributed by atoms with Gasteiger partial charge in [0, 0.05) is 42.4 Å². The molecule has 142 valence electrons. The molecule has 1 aliphatic rings. The molecule has 29 heavy (non-hydrogen) atoms. The lowest BCUT2D eigenvalue weighted by Crippen LogP contribution is -2.42. The van der Waals surface area contributed by atoms with E-state index in [-0.39, 0.29) is 6.10 Å². The van der Waals surface area contributed by atoms with E-state index in [0.29, 0.717) is 17.6 Å². The lowest BCUT2D eigenvalue weighted by Gasteiger charge is -2.35. The summed E-state index contributed by atoms with van der Waals surface area (Å²) in [5.41, 5.74) is 3.19. The molecule has 0 bridgehead atoms. The highest BCUT2D eigenvalue weighted by Gasteiger charge is 2.32. The predicted molar refractivity (Wildman–Crippen MR) is 113 cm³/mol. The zero-order chi connectivity index (χ0) is 19.6.